The highest BCUT2D eigenvalue weighted by atomic mass is 14.6. The average molecular weight is 273 g/mol. The van der Waals surface area contributed by atoms with Gasteiger partial charge in [0.05, 0.1) is 0 Å². The number of aryl methyl sites for hydroxylation is 2. The fraction of sp³-hybridized carbons (Fsp3) is 0.684. The van der Waals surface area contributed by atoms with Crippen LogP contribution in [-0.4, -0.2) is 6.54 Å². The van der Waals surface area contributed by atoms with Crippen molar-refractivity contribution in [3.63, 3.8) is 0 Å². The minimum absolute atomic E-state index is 0.739. The fourth-order valence-corrected chi connectivity index (χ4v) is 3.96. The number of rotatable bonds is 5. The molecule has 112 valence electrons. The summed E-state index contributed by atoms with van der Waals surface area (Å²) in [4.78, 5) is 0. The lowest BCUT2D eigenvalue weighted by Gasteiger charge is -2.36. The van der Waals surface area contributed by atoms with Gasteiger partial charge in [-0.3, -0.25) is 0 Å². The van der Waals surface area contributed by atoms with Gasteiger partial charge in [-0.05, 0) is 68.5 Å². The van der Waals surface area contributed by atoms with Crippen LogP contribution in [0.4, 0.5) is 0 Å². The standard InChI is InChI=1S/C19H31N/c1-4-5-16-8-9-17(13-20)19(11-16)12-18-10-14(2)6-7-15(18)3/h6-7,10,16-17,19H,4-5,8-9,11-13,20H2,1-3H3. The minimum atomic E-state index is 0.739. The molecule has 0 heterocycles. The molecule has 1 heteroatoms. The third-order valence-corrected chi connectivity index (χ3v) is 5.23. The second-order valence-electron chi connectivity index (χ2n) is 6.86. The highest BCUT2D eigenvalue weighted by molar-refractivity contribution is 5.30. The molecule has 0 amide bonds. The summed E-state index contributed by atoms with van der Waals surface area (Å²) in [6.45, 7) is 7.63. The summed E-state index contributed by atoms with van der Waals surface area (Å²) in [6.07, 6.45) is 8.10. The smallest absolute Gasteiger partial charge is 0.00461 e. The van der Waals surface area contributed by atoms with Crippen LogP contribution in [0.2, 0.25) is 0 Å². The van der Waals surface area contributed by atoms with Crippen molar-refractivity contribution in [3.8, 4) is 0 Å². The molecule has 1 saturated carbocycles. The third kappa shape index (κ3) is 3.85. The maximum Gasteiger partial charge on any atom is -0.00461 e. The number of hydrogen-bond acceptors (Lipinski definition) is 1. The Bertz CT molecular complexity index is 424. The fourth-order valence-electron chi connectivity index (χ4n) is 3.96. The molecule has 0 aliphatic heterocycles. The van der Waals surface area contributed by atoms with Gasteiger partial charge in [0.25, 0.3) is 0 Å². The molecular formula is C19H31N. The molecule has 0 saturated heterocycles. The lowest BCUT2D eigenvalue weighted by Crippen LogP contribution is -2.31. The molecule has 1 nitrogen and oxygen atoms in total. The molecule has 2 N–H and O–H groups in total. The van der Waals surface area contributed by atoms with E-state index in [1.807, 2.05) is 0 Å². The molecule has 1 aromatic carbocycles. The van der Waals surface area contributed by atoms with E-state index in [9.17, 15) is 0 Å². The van der Waals surface area contributed by atoms with Gasteiger partial charge in [-0.25, -0.2) is 0 Å². The van der Waals surface area contributed by atoms with Crippen molar-refractivity contribution in [3.05, 3.63) is 34.9 Å². The zero-order valence-corrected chi connectivity index (χ0v) is 13.5. The first-order valence-corrected chi connectivity index (χ1v) is 8.40. The first kappa shape index (κ1) is 15.6. The van der Waals surface area contributed by atoms with Crippen LogP contribution in [0, 0.1) is 31.6 Å². The molecule has 1 aliphatic rings. The SMILES string of the molecule is CCCC1CCC(CN)C(Cc2cc(C)ccc2C)C1. The first-order valence-electron chi connectivity index (χ1n) is 8.40. The van der Waals surface area contributed by atoms with E-state index in [1.54, 1.807) is 5.56 Å². The summed E-state index contributed by atoms with van der Waals surface area (Å²) in [6, 6.07) is 6.88. The van der Waals surface area contributed by atoms with Gasteiger partial charge in [0, 0.05) is 0 Å². The van der Waals surface area contributed by atoms with E-state index in [-0.39, 0.29) is 0 Å². The Morgan fingerprint density at radius 2 is 1.95 bits per heavy atom. The highest BCUT2D eigenvalue weighted by Gasteiger charge is 2.29. The summed E-state index contributed by atoms with van der Waals surface area (Å²) in [5, 5.41) is 0. The van der Waals surface area contributed by atoms with Gasteiger partial charge in [-0.1, -0.05) is 49.9 Å². The largest absolute Gasteiger partial charge is 0.330 e. The Morgan fingerprint density at radius 3 is 2.65 bits per heavy atom. The van der Waals surface area contributed by atoms with E-state index < -0.39 is 0 Å². The van der Waals surface area contributed by atoms with Crippen molar-refractivity contribution in [1.29, 1.82) is 0 Å². The molecule has 1 fully saturated rings. The van der Waals surface area contributed by atoms with Crippen molar-refractivity contribution >= 4 is 0 Å². The molecule has 0 bridgehead atoms. The molecule has 0 spiro atoms. The van der Waals surface area contributed by atoms with Gasteiger partial charge in [0.1, 0.15) is 0 Å². The van der Waals surface area contributed by atoms with Crippen molar-refractivity contribution < 1.29 is 0 Å². The Balaban J connectivity index is 2.09. The van der Waals surface area contributed by atoms with Crippen LogP contribution in [0.1, 0.15) is 55.7 Å². The summed E-state index contributed by atoms with van der Waals surface area (Å²) in [5.41, 5.74) is 10.4. The number of hydrogen-bond donors (Lipinski definition) is 1. The zero-order chi connectivity index (χ0) is 14.5. The van der Waals surface area contributed by atoms with Gasteiger partial charge >= 0.3 is 0 Å². The third-order valence-electron chi connectivity index (χ3n) is 5.23. The van der Waals surface area contributed by atoms with E-state index in [0.717, 1.165) is 24.3 Å². The lowest BCUT2D eigenvalue weighted by atomic mass is 9.70. The molecule has 2 rings (SSSR count). The Labute approximate surface area is 125 Å². The van der Waals surface area contributed by atoms with Gasteiger partial charge in [-0.15, -0.1) is 0 Å². The maximum absolute atomic E-state index is 6.03. The maximum atomic E-state index is 6.03. The van der Waals surface area contributed by atoms with Gasteiger partial charge in [0.15, 0.2) is 0 Å². The molecule has 1 aliphatic carbocycles. The Kier molecular flexibility index (Phi) is 5.65. The molecule has 3 unspecified atom stereocenters. The molecule has 0 aromatic heterocycles. The second kappa shape index (κ2) is 7.26. The summed E-state index contributed by atoms with van der Waals surface area (Å²) in [5.74, 6) is 2.48. The van der Waals surface area contributed by atoms with Crippen LogP contribution in [0.25, 0.3) is 0 Å². The highest BCUT2D eigenvalue weighted by Crippen LogP contribution is 2.38. The topological polar surface area (TPSA) is 26.0 Å². The van der Waals surface area contributed by atoms with E-state index in [0.29, 0.717) is 0 Å². The molecule has 20 heavy (non-hydrogen) atoms. The molecule has 1 aromatic rings. The first-order chi connectivity index (χ1) is 9.63. The molecule has 3 atom stereocenters. The zero-order valence-electron chi connectivity index (χ0n) is 13.5. The Morgan fingerprint density at radius 1 is 1.15 bits per heavy atom. The summed E-state index contributed by atoms with van der Waals surface area (Å²) >= 11 is 0. The normalized spacial score (nSPS) is 26.7. The monoisotopic (exact) mass is 273 g/mol. The van der Waals surface area contributed by atoms with Crippen molar-refractivity contribution in [2.75, 3.05) is 6.54 Å². The van der Waals surface area contributed by atoms with E-state index in [2.05, 4.69) is 39.0 Å². The van der Waals surface area contributed by atoms with Gasteiger partial charge < -0.3 is 5.73 Å². The number of benzene rings is 1. The van der Waals surface area contributed by atoms with E-state index >= 15 is 0 Å². The van der Waals surface area contributed by atoms with Crippen LogP contribution in [0.15, 0.2) is 18.2 Å². The average Bonchev–Trinajstić information content (AvgIpc) is 2.44. The second-order valence-corrected chi connectivity index (χ2v) is 6.86. The van der Waals surface area contributed by atoms with Crippen LogP contribution in [0.5, 0.6) is 0 Å². The quantitative estimate of drug-likeness (QED) is 0.831. The van der Waals surface area contributed by atoms with E-state index in [4.69, 9.17) is 5.73 Å². The molecule has 0 radical (unpaired) electrons. The number of nitrogens with two attached hydrogens (primary N) is 1. The predicted molar refractivity (Wildman–Crippen MR) is 87.9 cm³/mol. The predicted octanol–water partition coefficient (Wildman–Crippen LogP) is 4.64. The van der Waals surface area contributed by atoms with Crippen LogP contribution in [-0.2, 0) is 6.42 Å². The van der Waals surface area contributed by atoms with Crippen molar-refractivity contribution in [2.45, 2.75) is 59.3 Å². The van der Waals surface area contributed by atoms with Crippen LogP contribution >= 0.6 is 0 Å². The van der Waals surface area contributed by atoms with Crippen molar-refractivity contribution in [2.24, 2.45) is 23.5 Å². The van der Waals surface area contributed by atoms with E-state index in [1.165, 1.54) is 49.7 Å². The lowest BCUT2D eigenvalue weighted by molar-refractivity contribution is 0.175. The van der Waals surface area contributed by atoms with Crippen molar-refractivity contribution in [1.82, 2.24) is 0 Å². The van der Waals surface area contributed by atoms with Gasteiger partial charge in [0.2, 0.25) is 0 Å². The Hall–Kier alpha value is -0.820. The molecular weight excluding hydrogens is 242 g/mol. The minimum Gasteiger partial charge on any atom is -0.330 e. The van der Waals surface area contributed by atoms with Crippen LogP contribution in [0.3, 0.4) is 0 Å². The van der Waals surface area contributed by atoms with Gasteiger partial charge in [-0.2, -0.15) is 0 Å². The van der Waals surface area contributed by atoms with Crippen LogP contribution < -0.4 is 5.73 Å². The summed E-state index contributed by atoms with van der Waals surface area (Å²) in [7, 11) is 0. The summed E-state index contributed by atoms with van der Waals surface area (Å²) < 4.78 is 0.